The number of hydrogen-bond donors (Lipinski definition) is 3. The van der Waals surface area contributed by atoms with E-state index in [0.29, 0.717) is 5.69 Å². The minimum absolute atomic E-state index is 0.0770. The molecule has 1 aliphatic rings. The molecule has 1 aromatic rings. The van der Waals surface area contributed by atoms with Gasteiger partial charge in [-0.2, -0.15) is 0 Å². The molecule has 0 radical (unpaired) electrons. The molecule has 6 heteroatoms. The van der Waals surface area contributed by atoms with Gasteiger partial charge in [-0.05, 0) is 25.0 Å². The molecule has 1 saturated carbocycles. The lowest BCUT2D eigenvalue weighted by Gasteiger charge is -2.36. The van der Waals surface area contributed by atoms with Crippen LogP contribution in [0.15, 0.2) is 12.1 Å². The molecule has 2 rings (SSSR count). The molecule has 0 spiro atoms. The first-order valence-corrected chi connectivity index (χ1v) is 7.41. The summed E-state index contributed by atoms with van der Waals surface area (Å²) in [5.41, 5.74) is 5.76. The minimum atomic E-state index is -0.560. The van der Waals surface area contributed by atoms with Crippen molar-refractivity contribution in [1.29, 1.82) is 0 Å². The zero-order chi connectivity index (χ0) is 14.8. The molecular weight excluding hydrogens is 299 g/mol. The smallest absolute Gasteiger partial charge is 0.253 e. The van der Waals surface area contributed by atoms with Crippen LogP contribution < -0.4 is 11.1 Å². The fourth-order valence-electron chi connectivity index (χ4n) is 2.63. The molecule has 0 aromatic heterocycles. The first kappa shape index (κ1) is 15.4. The lowest BCUT2D eigenvalue weighted by atomic mass is 9.82. The molecule has 0 bridgehead atoms. The van der Waals surface area contributed by atoms with Crippen molar-refractivity contribution in [3.05, 3.63) is 27.7 Å². The van der Waals surface area contributed by atoms with E-state index in [1.165, 1.54) is 12.1 Å². The topological polar surface area (TPSA) is 75.4 Å². The molecule has 0 saturated heterocycles. The van der Waals surface area contributed by atoms with Crippen LogP contribution in [0.25, 0.3) is 0 Å². The quantitative estimate of drug-likeness (QED) is 0.750. The van der Waals surface area contributed by atoms with E-state index in [2.05, 4.69) is 5.32 Å². The number of halogens is 2. The number of carbonyl (C=O) groups is 1. The van der Waals surface area contributed by atoms with Gasteiger partial charge in [0.1, 0.15) is 0 Å². The Morgan fingerprint density at radius 3 is 2.55 bits per heavy atom. The van der Waals surface area contributed by atoms with Gasteiger partial charge in [0.05, 0.1) is 27.8 Å². The highest BCUT2D eigenvalue weighted by Gasteiger charge is 2.33. The third-order valence-corrected chi connectivity index (χ3v) is 4.59. The Hall–Kier alpha value is -0.970. The largest absolute Gasteiger partial charge is 0.399 e. The highest BCUT2D eigenvalue weighted by atomic mass is 35.5. The van der Waals surface area contributed by atoms with Gasteiger partial charge in [-0.25, -0.2) is 0 Å². The van der Waals surface area contributed by atoms with Gasteiger partial charge in [0, 0.05) is 5.69 Å². The van der Waals surface area contributed by atoms with Gasteiger partial charge >= 0.3 is 0 Å². The van der Waals surface area contributed by atoms with Crippen molar-refractivity contribution in [3.63, 3.8) is 0 Å². The fourth-order valence-corrected chi connectivity index (χ4v) is 3.06. The number of nitrogens with one attached hydrogen (secondary N) is 1. The van der Waals surface area contributed by atoms with E-state index in [9.17, 15) is 9.90 Å². The lowest BCUT2D eigenvalue weighted by molar-refractivity contribution is 0.0759. The van der Waals surface area contributed by atoms with Crippen LogP contribution in [-0.2, 0) is 0 Å². The Kier molecular flexibility index (Phi) is 4.78. The maximum atomic E-state index is 12.4. The Bertz CT molecular complexity index is 514. The molecule has 0 aliphatic heterocycles. The summed E-state index contributed by atoms with van der Waals surface area (Å²) in [7, 11) is 0. The van der Waals surface area contributed by atoms with E-state index in [-0.39, 0.29) is 28.1 Å². The maximum absolute atomic E-state index is 12.4. The first-order chi connectivity index (χ1) is 9.47. The monoisotopic (exact) mass is 316 g/mol. The van der Waals surface area contributed by atoms with Gasteiger partial charge in [0.2, 0.25) is 0 Å². The summed E-state index contributed by atoms with van der Waals surface area (Å²) in [6.07, 6.45) is 4.65. The third kappa shape index (κ3) is 3.19. The second-order valence-electron chi connectivity index (χ2n) is 5.32. The standard InChI is InChI=1S/C14H18Cl2N2O2/c15-11-7-9(17)6-10(12(11)16)13(20)18-14(8-19)4-2-1-3-5-14/h6-7,19H,1-5,8,17H2,(H,18,20). The van der Waals surface area contributed by atoms with Crippen LogP contribution in [0, 0.1) is 0 Å². The van der Waals surface area contributed by atoms with Crippen LogP contribution in [0.1, 0.15) is 42.5 Å². The van der Waals surface area contributed by atoms with Gasteiger partial charge in [-0.3, -0.25) is 4.79 Å². The Labute approximate surface area is 128 Å². The predicted octanol–water partition coefficient (Wildman–Crippen LogP) is 3.00. The Balaban J connectivity index is 2.23. The average Bonchev–Trinajstić information content (AvgIpc) is 2.43. The normalized spacial score (nSPS) is 17.8. The third-order valence-electron chi connectivity index (χ3n) is 3.79. The molecule has 20 heavy (non-hydrogen) atoms. The van der Waals surface area contributed by atoms with E-state index in [4.69, 9.17) is 28.9 Å². The van der Waals surface area contributed by atoms with Crippen LogP contribution in [0.2, 0.25) is 10.0 Å². The minimum Gasteiger partial charge on any atom is -0.399 e. The lowest BCUT2D eigenvalue weighted by Crippen LogP contribution is -2.52. The number of aliphatic hydroxyl groups is 1. The van der Waals surface area contributed by atoms with Crippen LogP contribution >= 0.6 is 23.2 Å². The molecule has 4 nitrogen and oxygen atoms in total. The number of amides is 1. The molecular formula is C14H18Cl2N2O2. The predicted molar refractivity (Wildman–Crippen MR) is 81.2 cm³/mol. The second kappa shape index (κ2) is 6.20. The highest BCUT2D eigenvalue weighted by molar-refractivity contribution is 6.44. The summed E-state index contributed by atoms with van der Waals surface area (Å²) in [6.45, 7) is -0.0770. The number of carbonyl (C=O) groups excluding carboxylic acids is 1. The van der Waals surface area contributed by atoms with Crippen LogP contribution in [0.4, 0.5) is 5.69 Å². The van der Waals surface area contributed by atoms with Crippen molar-refractivity contribution in [1.82, 2.24) is 5.32 Å². The molecule has 1 aromatic carbocycles. The summed E-state index contributed by atoms with van der Waals surface area (Å²) in [4.78, 5) is 12.4. The molecule has 1 aliphatic carbocycles. The molecule has 4 N–H and O–H groups in total. The van der Waals surface area contributed by atoms with Crippen LogP contribution in [0.5, 0.6) is 0 Å². The summed E-state index contributed by atoms with van der Waals surface area (Å²) < 4.78 is 0. The van der Waals surface area contributed by atoms with Gasteiger partial charge in [0.15, 0.2) is 0 Å². The van der Waals surface area contributed by atoms with E-state index in [0.717, 1.165) is 32.1 Å². The molecule has 110 valence electrons. The Morgan fingerprint density at radius 1 is 1.30 bits per heavy atom. The van der Waals surface area contributed by atoms with Gasteiger partial charge < -0.3 is 16.2 Å². The van der Waals surface area contributed by atoms with Gasteiger partial charge in [-0.1, -0.05) is 42.5 Å². The van der Waals surface area contributed by atoms with E-state index < -0.39 is 5.54 Å². The van der Waals surface area contributed by atoms with Crippen LogP contribution in [-0.4, -0.2) is 23.2 Å². The Morgan fingerprint density at radius 2 is 1.95 bits per heavy atom. The van der Waals surface area contributed by atoms with Crippen molar-refractivity contribution >= 4 is 34.8 Å². The number of aliphatic hydroxyl groups excluding tert-OH is 1. The zero-order valence-electron chi connectivity index (χ0n) is 11.1. The van der Waals surface area contributed by atoms with Crippen molar-refractivity contribution in [2.24, 2.45) is 0 Å². The first-order valence-electron chi connectivity index (χ1n) is 6.65. The highest BCUT2D eigenvalue weighted by Crippen LogP contribution is 2.31. The van der Waals surface area contributed by atoms with Gasteiger partial charge in [-0.15, -0.1) is 0 Å². The molecule has 1 fully saturated rings. The van der Waals surface area contributed by atoms with Crippen molar-refractivity contribution in [3.8, 4) is 0 Å². The van der Waals surface area contributed by atoms with Crippen LogP contribution in [0.3, 0.4) is 0 Å². The molecule has 0 unspecified atom stereocenters. The van der Waals surface area contributed by atoms with Gasteiger partial charge in [0.25, 0.3) is 5.91 Å². The van der Waals surface area contributed by atoms with Crippen molar-refractivity contribution < 1.29 is 9.90 Å². The summed E-state index contributed by atoms with van der Waals surface area (Å²) >= 11 is 12.0. The summed E-state index contributed by atoms with van der Waals surface area (Å²) in [5, 5.41) is 13.0. The zero-order valence-corrected chi connectivity index (χ0v) is 12.6. The van der Waals surface area contributed by atoms with Crippen molar-refractivity contribution in [2.75, 3.05) is 12.3 Å². The molecule has 1 amide bonds. The number of benzene rings is 1. The van der Waals surface area contributed by atoms with E-state index in [1.54, 1.807) is 0 Å². The number of nitrogens with two attached hydrogens (primary N) is 1. The number of rotatable bonds is 3. The SMILES string of the molecule is Nc1cc(Cl)c(Cl)c(C(=O)NC2(CO)CCCCC2)c1. The average molecular weight is 317 g/mol. The van der Waals surface area contributed by atoms with Crippen molar-refractivity contribution in [2.45, 2.75) is 37.6 Å². The maximum Gasteiger partial charge on any atom is 0.253 e. The fraction of sp³-hybridized carbons (Fsp3) is 0.500. The number of hydrogen-bond acceptors (Lipinski definition) is 3. The summed E-state index contributed by atoms with van der Waals surface area (Å²) in [5.74, 6) is -0.347. The summed E-state index contributed by atoms with van der Waals surface area (Å²) in [6, 6.07) is 3.00. The molecule has 0 heterocycles. The van der Waals surface area contributed by atoms with E-state index >= 15 is 0 Å². The second-order valence-corrected chi connectivity index (χ2v) is 6.10. The molecule has 0 atom stereocenters. The van der Waals surface area contributed by atoms with E-state index in [1.807, 2.05) is 0 Å². The number of nitrogen functional groups attached to an aromatic ring is 1. The number of anilines is 1.